The number of hydrogen-bond donors (Lipinski definition) is 2. The van der Waals surface area contributed by atoms with Crippen LogP contribution in [0.5, 0.6) is 0 Å². The lowest BCUT2D eigenvalue weighted by atomic mass is 10.1. The van der Waals surface area contributed by atoms with E-state index in [0.29, 0.717) is 17.9 Å². The fraction of sp³-hybridized carbons (Fsp3) is 0.158. The Bertz CT molecular complexity index is 888. The molecule has 3 rings (SSSR count). The largest absolute Gasteiger partial charge is 0.318 e. The molecule has 0 unspecified atom stereocenters. The van der Waals surface area contributed by atoms with Gasteiger partial charge in [-0.1, -0.05) is 25.1 Å². The van der Waals surface area contributed by atoms with Gasteiger partial charge in [0.05, 0.1) is 24.1 Å². The molecule has 0 aliphatic heterocycles. The van der Waals surface area contributed by atoms with Gasteiger partial charge in [0, 0.05) is 18.1 Å². The zero-order valence-corrected chi connectivity index (χ0v) is 14.3. The molecule has 132 valence electrons. The number of carbonyl (C=O) groups is 2. The van der Waals surface area contributed by atoms with E-state index in [0.717, 1.165) is 17.7 Å². The molecule has 0 bridgehead atoms. The molecule has 0 radical (unpaired) electrons. The first kappa shape index (κ1) is 17.3. The minimum absolute atomic E-state index is 0.447. The molecule has 0 saturated carbocycles. The maximum absolute atomic E-state index is 12.0. The van der Waals surface area contributed by atoms with Gasteiger partial charge in [0.15, 0.2) is 0 Å². The number of carbonyl (C=O) groups excluding carboxylic acids is 2. The monoisotopic (exact) mass is 349 g/mol. The third-order valence-corrected chi connectivity index (χ3v) is 3.77. The summed E-state index contributed by atoms with van der Waals surface area (Å²) in [4.78, 5) is 28.3. The minimum Gasteiger partial charge on any atom is -0.318 e. The molecule has 0 spiro atoms. The number of aryl methyl sites for hydroxylation is 1. The van der Waals surface area contributed by atoms with E-state index in [1.165, 1.54) is 6.20 Å². The van der Waals surface area contributed by atoms with Crippen molar-refractivity contribution in [2.45, 2.75) is 19.9 Å². The Labute approximate surface area is 151 Å². The molecular weight excluding hydrogens is 330 g/mol. The van der Waals surface area contributed by atoms with Crippen molar-refractivity contribution in [1.82, 2.24) is 14.8 Å². The van der Waals surface area contributed by atoms with Gasteiger partial charge in [0.2, 0.25) is 0 Å². The maximum atomic E-state index is 12.0. The highest BCUT2D eigenvalue weighted by molar-refractivity contribution is 6.43. The van der Waals surface area contributed by atoms with E-state index in [2.05, 4.69) is 27.6 Å². The van der Waals surface area contributed by atoms with Crippen LogP contribution >= 0.6 is 0 Å². The van der Waals surface area contributed by atoms with Crippen LogP contribution in [0.1, 0.15) is 18.2 Å². The lowest BCUT2D eigenvalue weighted by Gasteiger charge is -2.06. The smallest absolute Gasteiger partial charge is 0.314 e. The van der Waals surface area contributed by atoms with Gasteiger partial charge in [0.1, 0.15) is 0 Å². The zero-order chi connectivity index (χ0) is 18.4. The molecule has 1 aromatic carbocycles. The van der Waals surface area contributed by atoms with Crippen LogP contribution in [-0.4, -0.2) is 26.6 Å². The Morgan fingerprint density at radius 3 is 2.38 bits per heavy atom. The second-order valence-electron chi connectivity index (χ2n) is 5.71. The Kier molecular flexibility index (Phi) is 5.38. The molecule has 7 heteroatoms. The fourth-order valence-corrected chi connectivity index (χ4v) is 2.37. The van der Waals surface area contributed by atoms with Crippen LogP contribution in [0.4, 0.5) is 11.4 Å². The Morgan fingerprint density at radius 1 is 1.00 bits per heavy atom. The van der Waals surface area contributed by atoms with E-state index in [-0.39, 0.29) is 0 Å². The molecule has 3 aromatic rings. The number of hydrogen-bond acceptors (Lipinski definition) is 4. The normalized spacial score (nSPS) is 10.3. The van der Waals surface area contributed by atoms with Crippen molar-refractivity contribution in [3.63, 3.8) is 0 Å². The molecule has 0 aliphatic carbocycles. The number of amides is 2. The van der Waals surface area contributed by atoms with Crippen molar-refractivity contribution in [2.75, 3.05) is 10.6 Å². The van der Waals surface area contributed by atoms with Crippen molar-refractivity contribution >= 4 is 23.2 Å². The van der Waals surface area contributed by atoms with E-state index >= 15 is 0 Å². The van der Waals surface area contributed by atoms with E-state index in [1.807, 2.05) is 30.3 Å². The maximum Gasteiger partial charge on any atom is 0.314 e. The van der Waals surface area contributed by atoms with Crippen LogP contribution in [0.25, 0.3) is 0 Å². The molecule has 2 aromatic heterocycles. The second kappa shape index (κ2) is 8.06. The van der Waals surface area contributed by atoms with Crippen LogP contribution < -0.4 is 10.6 Å². The standard InChI is InChI=1S/C19H19N5O2/c1-2-14-6-8-15(9-7-14)22-18(25)19(26)23-17-11-21-24(13-17)12-16-5-3-4-10-20-16/h3-11,13H,2,12H2,1H3,(H,22,25)(H,23,26). The van der Waals surface area contributed by atoms with Gasteiger partial charge in [-0.15, -0.1) is 0 Å². The van der Waals surface area contributed by atoms with Gasteiger partial charge in [-0.05, 0) is 36.2 Å². The Morgan fingerprint density at radius 2 is 1.73 bits per heavy atom. The molecule has 2 N–H and O–H groups in total. The fourth-order valence-electron chi connectivity index (χ4n) is 2.37. The summed E-state index contributed by atoms with van der Waals surface area (Å²) in [5.74, 6) is -1.48. The molecule has 0 saturated heterocycles. The molecule has 26 heavy (non-hydrogen) atoms. The summed E-state index contributed by atoms with van der Waals surface area (Å²) >= 11 is 0. The van der Waals surface area contributed by atoms with Crippen molar-refractivity contribution in [1.29, 1.82) is 0 Å². The van der Waals surface area contributed by atoms with Gasteiger partial charge in [-0.3, -0.25) is 19.3 Å². The predicted molar refractivity (Wildman–Crippen MR) is 98.6 cm³/mol. The number of nitrogens with zero attached hydrogens (tertiary/aromatic N) is 3. The first-order valence-corrected chi connectivity index (χ1v) is 8.27. The van der Waals surface area contributed by atoms with Crippen molar-refractivity contribution in [3.8, 4) is 0 Å². The molecule has 0 fully saturated rings. The van der Waals surface area contributed by atoms with Gasteiger partial charge in [-0.2, -0.15) is 5.10 Å². The van der Waals surface area contributed by atoms with Gasteiger partial charge in [-0.25, -0.2) is 0 Å². The summed E-state index contributed by atoms with van der Waals surface area (Å²) < 4.78 is 1.64. The highest BCUT2D eigenvalue weighted by Gasteiger charge is 2.15. The minimum atomic E-state index is -0.748. The third kappa shape index (κ3) is 4.54. The number of aromatic nitrogens is 3. The number of anilines is 2. The summed E-state index contributed by atoms with van der Waals surface area (Å²) in [6.45, 7) is 2.53. The molecule has 0 atom stereocenters. The average molecular weight is 349 g/mol. The van der Waals surface area contributed by atoms with Crippen LogP contribution in [-0.2, 0) is 22.6 Å². The number of pyridine rings is 1. The Balaban J connectivity index is 1.56. The van der Waals surface area contributed by atoms with E-state index in [1.54, 1.807) is 29.2 Å². The highest BCUT2D eigenvalue weighted by atomic mass is 16.2. The third-order valence-electron chi connectivity index (χ3n) is 3.77. The molecular formula is C19H19N5O2. The van der Waals surface area contributed by atoms with E-state index in [4.69, 9.17) is 0 Å². The summed E-state index contributed by atoms with van der Waals surface area (Å²) in [5.41, 5.74) is 3.03. The topological polar surface area (TPSA) is 88.9 Å². The van der Waals surface area contributed by atoms with Crippen LogP contribution in [0.15, 0.2) is 61.1 Å². The first-order valence-electron chi connectivity index (χ1n) is 8.27. The van der Waals surface area contributed by atoms with E-state index in [9.17, 15) is 9.59 Å². The summed E-state index contributed by atoms with van der Waals surface area (Å²) in [5, 5.41) is 9.26. The highest BCUT2D eigenvalue weighted by Crippen LogP contribution is 2.11. The molecule has 7 nitrogen and oxygen atoms in total. The quantitative estimate of drug-likeness (QED) is 0.693. The predicted octanol–water partition coefficient (Wildman–Crippen LogP) is 2.47. The van der Waals surface area contributed by atoms with E-state index < -0.39 is 11.8 Å². The number of nitrogens with one attached hydrogen (secondary N) is 2. The first-order chi connectivity index (χ1) is 12.6. The zero-order valence-electron chi connectivity index (χ0n) is 14.3. The summed E-state index contributed by atoms with van der Waals surface area (Å²) in [6, 6.07) is 13.0. The lowest BCUT2D eigenvalue weighted by molar-refractivity contribution is -0.132. The summed E-state index contributed by atoms with van der Waals surface area (Å²) in [6.07, 6.45) is 5.76. The molecule has 0 aliphatic rings. The number of benzene rings is 1. The van der Waals surface area contributed by atoms with Gasteiger partial charge in [0.25, 0.3) is 0 Å². The average Bonchev–Trinajstić information content (AvgIpc) is 3.10. The molecule has 2 amide bonds. The SMILES string of the molecule is CCc1ccc(NC(=O)C(=O)Nc2cnn(Cc3ccccn3)c2)cc1. The van der Waals surface area contributed by atoms with Crippen LogP contribution in [0.3, 0.4) is 0 Å². The number of rotatable bonds is 5. The Hall–Kier alpha value is -3.48. The van der Waals surface area contributed by atoms with Crippen molar-refractivity contribution in [3.05, 3.63) is 72.3 Å². The van der Waals surface area contributed by atoms with Crippen molar-refractivity contribution in [2.24, 2.45) is 0 Å². The van der Waals surface area contributed by atoms with Gasteiger partial charge >= 0.3 is 11.8 Å². The van der Waals surface area contributed by atoms with Crippen LogP contribution in [0, 0.1) is 0 Å². The lowest BCUT2D eigenvalue weighted by Crippen LogP contribution is -2.28. The summed E-state index contributed by atoms with van der Waals surface area (Å²) in [7, 11) is 0. The van der Waals surface area contributed by atoms with Crippen molar-refractivity contribution < 1.29 is 9.59 Å². The van der Waals surface area contributed by atoms with Crippen LogP contribution in [0.2, 0.25) is 0 Å². The van der Waals surface area contributed by atoms with Gasteiger partial charge < -0.3 is 10.6 Å². The molecule has 2 heterocycles. The second-order valence-corrected chi connectivity index (χ2v) is 5.71.